The van der Waals surface area contributed by atoms with Crippen LogP contribution in [-0.4, -0.2) is 14.0 Å². The Labute approximate surface area is 308 Å². The molecule has 3 aromatic heterocycles. The SMILES string of the molecule is c1ccc(-c2nc3ccccn3c2-c2cccc(N(c3ccccc3)c3ccc(-c4ccc5c(c4)c4ccccc4n5-c4ccccc4)cc3)c2)cc1. The number of rotatable bonds is 7. The van der Waals surface area contributed by atoms with E-state index in [0.29, 0.717) is 0 Å². The van der Waals surface area contributed by atoms with Crippen molar-refractivity contribution in [3.05, 3.63) is 206 Å². The molecule has 4 heteroatoms. The lowest BCUT2D eigenvalue weighted by atomic mass is 10.0. The molecule has 0 spiro atoms. The standard InChI is InChI=1S/C49H34N4/c1-4-15-36(16-5-1)48-49(51-32-13-12-25-47(51)50-48)38-17-14-22-42(33-38)52(39-18-6-2-7-19-39)41-29-26-35(27-30-41)37-28-31-46-44(34-37)43-23-10-11-24-45(43)53(46)40-20-8-3-9-21-40/h1-34H. The van der Waals surface area contributed by atoms with Gasteiger partial charge in [-0.15, -0.1) is 0 Å². The fourth-order valence-corrected chi connectivity index (χ4v) is 7.70. The Kier molecular flexibility index (Phi) is 7.43. The first-order valence-electron chi connectivity index (χ1n) is 18.0. The molecule has 0 fully saturated rings. The highest BCUT2D eigenvalue weighted by Crippen LogP contribution is 2.40. The van der Waals surface area contributed by atoms with Gasteiger partial charge in [0.05, 0.1) is 22.4 Å². The maximum absolute atomic E-state index is 5.09. The minimum atomic E-state index is 0.921. The van der Waals surface area contributed by atoms with Crippen LogP contribution in [0.4, 0.5) is 17.1 Å². The maximum Gasteiger partial charge on any atom is 0.137 e. The second-order valence-corrected chi connectivity index (χ2v) is 13.3. The van der Waals surface area contributed by atoms with Crippen LogP contribution >= 0.6 is 0 Å². The normalized spacial score (nSPS) is 11.4. The van der Waals surface area contributed by atoms with E-state index in [9.17, 15) is 0 Å². The van der Waals surface area contributed by atoms with E-state index in [4.69, 9.17) is 4.98 Å². The van der Waals surface area contributed by atoms with E-state index >= 15 is 0 Å². The van der Waals surface area contributed by atoms with E-state index in [2.05, 4.69) is 208 Å². The average Bonchev–Trinajstić information content (AvgIpc) is 3.79. The van der Waals surface area contributed by atoms with Gasteiger partial charge in [-0.05, 0) is 90.0 Å². The Morgan fingerprint density at radius 1 is 0.396 bits per heavy atom. The molecule has 10 aromatic rings. The molecular formula is C49H34N4. The third kappa shape index (κ3) is 5.36. The van der Waals surface area contributed by atoms with Gasteiger partial charge in [-0.25, -0.2) is 4.98 Å². The summed E-state index contributed by atoms with van der Waals surface area (Å²) in [5.74, 6) is 0. The number of benzene rings is 7. The van der Waals surface area contributed by atoms with Gasteiger partial charge in [0.2, 0.25) is 0 Å². The number of para-hydroxylation sites is 3. The number of aromatic nitrogens is 3. The maximum atomic E-state index is 5.09. The summed E-state index contributed by atoms with van der Waals surface area (Å²) in [5.41, 5.74) is 14.3. The van der Waals surface area contributed by atoms with Crippen LogP contribution in [0.25, 0.3) is 66.8 Å². The van der Waals surface area contributed by atoms with Crippen LogP contribution in [0.5, 0.6) is 0 Å². The first kappa shape index (κ1) is 30.6. The highest BCUT2D eigenvalue weighted by atomic mass is 15.1. The second-order valence-electron chi connectivity index (χ2n) is 13.3. The molecule has 0 aliphatic heterocycles. The van der Waals surface area contributed by atoms with E-state index in [0.717, 1.165) is 45.2 Å². The Bertz CT molecular complexity index is 2870. The van der Waals surface area contributed by atoms with Gasteiger partial charge in [-0.3, -0.25) is 4.40 Å². The summed E-state index contributed by atoms with van der Waals surface area (Å²) in [6.45, 7) is 0. The zero-order chi connectivity index (χ0) is 35.1. The summed E-state index contributed by atoms with van der Waals surface area (Å²) in [4.78, 5) is 7.42. The summed E-state index contributed by atoms with van der Waals surface area (Å²) in [5, 5.41) is 2.50. The van der Waals surface area contributed by atoms with Crippen LogP contribution in [0.2, 0.25) is 0 Å². The molecule has 0 atom stereocenters. The van der Waals surface area contributed by atoms with Crippen molar-refractivity contribution in [1.82, 2.24) is 14.0 Å². The van der Waals surface area contributed by atoms with Crippen LogP contribution < -0.4 is 4.90 Å². The number of nitrogens with zero attached hydrogens (tertiary/aromatic N) is 4. The van der Waals surface area contributed by atoms with Crippen molar-refractivity contribution in [3.8, 4) is 39.3 Å². The van der Waals surface area contributed by atoms with Crippen molar-refractivity contribution in [2.45, 2.75) is 0 Å². The molecule has 3 heterocycles. The molecule has 4 nitrogen and oxygen atoms in total. The molecule has 10 rings (SSSR count). The quantitative estimate of drug-likeness (QED) is 0.168. The lowest BCUT2D eigenvalue weighted by Crippen LogP contribution is -2.10. The first-order valence-corrected chi connectivity index (χ1v) is 18.0. The van der Waals surface area contributed by atoms with Gasteiger partial charge in [0.15, 0.2) is 0 Å². The molecule has 0 radical (unpaired) electrons. The zero-order valence-electron chi connectivity index (χ0n) is 28.9. The van der Waals surface area contributed by atoms with Gasteiger partial charge < -0.3 is 9.47 Å². The van der Waals surface area contributed by atoms with Crippen molar-refractivity contribution in [2.75, 3.05) is 4.90 Å². The van der Waals surface area contributed by atoms with Gasteiger partial charge in [0, 0.05) is 50.8 Å². The number of imidazole rings is 1. The van der Waals surface area contributed by atoms with E-state index in [1.54, 1.807) is 0 Å². The molecule has 250 valence electrons. The van der Waals surface area contributed by atoms with Crippen LogP contribution in [0.3, 0.4) is 0 Å². The Balaban J connectivity index is 1.07. The third-order valence-electron chi connectivity index (χ3n) is 10.1. The highest BCUT2D eigenvalue weighted by molar-refractivity contribution is 6.10. The summed E-state index contributed by atoms with van der Waals surface area (Å²) in [6.07, 6.45) is 2.10. The molecule has 0 aliphatic rings. The summed E-state index contributed by atoms with van der Waals surface area (Å²) < 4.78 is 4.55. The second kappa shape index (κ2) is 12.9. The highest BCUT2D eigenvalue weighted by Gasteiger charge is 2.19. The van der Waals surface area contributed by atoms with Gasteiger partial charge in [-0.2, -0.15) is 0 Å². The number of hydrogen-bond donors (Lipinski definition) is 0. The van der Waals surface area contributed by atoms with Gasteiger partial charge in [0.25, 0.3) is 0 Å². The van der Waals surface area contributed by atoms with Crippen molar-refractivity contribution in [2.24, 2.45) is 0 Å². The zero-order valence-corrected chi connectivity index (χ0v) is 28.9. The first-order chi connectivity index (χ1) is 26.3. The fraction of sp³-hybridized carbons (Fsp3) is 0. The van der Waals surface area contributed by atoms with Gasteiger partial charge in [0.1, 0.15) is 5.65 Å². The summed E-state index contributed by atoms with van der Waals surface area (Å²) in [6, 6.07) is 71.1. The van der Waals surface area contributed by atoms with Crippen LogP contribution in [-0.2, 0) is 0 Å². The lowest BCUT2D eigenvalue weighted by Gasteiger charge is -2.26. The van der Waals surface area contributed by atoms with Crippen LogP contribution in [0.15, 0.2) is 206 Å². The van der Waals surface area contributed by atoms with E-state index in [1.807, 2.05) is 12.1 Å². The summed E-state index contributed by atoms with van der Waals surface area (Å²) >= 11 is 0. The number of pyridine rings is 1. The molecule has 53 heavy (non-hydrogen) atoms. The van der Waals surface area contributed by atoms with Crippen LogP contribution in [0, 0.1) is 0 Å². The number of anilines is 3. The molecule has 0 N–H and O–H groups in total. The fourth-order valence-electron chi connectivity index (χ4n) is 7.70. The Hall–Kier alpha value is -7.17. The Morgan fingerprint density at radius 2 is 1.02 bits per heavy atom. The smallest absolute Gasteiger partial charge is 0.137 e. The largest absolute Gasteiger partial charge is 0.310 e. The van der Waals surface area contributed by atoms with Gasteiger partial charge in [-0.1, -0.05) is 121 Å². The van der Waals surface area contributed by atoms with E-state index in [-0.39, 0.29) is 0 Å². The minimum absolute atomic E-state index is 0.921. The third-order valence-corrected chi connectivity index (χ3v) is 10.1. The molecule has 0 saturated carbocycles. The molecule has 7 aromatic carbocycles. The molecule has 0 amide bonds. The number of fused-ring (bicyclic) bond motifs is 4. The Morgan fingerprint density at radius 3 is 1.83 bits per heavy atom. The molecule has 0 unspecified atom stereocenters. The van der Waals surface area contributed by atoms with Crippen molar-refractivity contribution >= 4 is 44.5 Å². The minimum Gasteiger partial charge on any atom is -0.310 e. The molecular weight excluding hydrogens is 645 g/mol. The molecule has 0 saturated heterocycles. The average molecular weight is 679 g/mol. The molecule has 0 aliphatic carbocycles. The molecule has 0 bridgehead atoms. The predicted octanol–water partition coefficient (Wildman–Crippen LogP) is 12.9. The predicted molar refractivity (Wildman–Crippen MR) is 221 cm³/mol. The monoisotopic (exact) mass is 678 g/mol. The van der Waals surface area contributed by atoms with Crippen molar-refractivity contribution in [3.63, 3.8) is 0 Å². The topological polar surface area (TPSA) is 25.5 Å². The lowest BCUT2D eigenvalue weighted by molar-refractivity contribution is 1.18. The van der Waals surface area contributed by atoms with Crippen molar-refractivity contribution in [1.29, 1.82) is 0 Å². The van der Waals surface area contributed by atoms with E-state index in [1.165, 1.54) is 38.6 Å². The number of hydrogen-bond acceptors (Lipinski definition) is 2. The summed E-state index contributed by atoms with van der Waals surface area (Å²) in [7, 11) is 0. The van der Waals surface area contributed by atoms with E-state index < -0.39 is 0 Å². The van der Waals surface area contributed by atoms with Gasteiger partial charge >= 0.3 is 0 Å². The van der Waals surface area contributed by atoms with Crippen LogP contribution in [0.1, 0.15) is 0 Å². The van der Waals surface area contributed by atoms with Crippen molar-refractivity contribution < 1.29 is 0 Å².